The maximum Gasteiger partial charge on any atom is 0.340 e. The molecule has 0 atom stereocenters. The Labute approximate surface area is 147 Å². The lowest BCUT2D eigenvalue weighted by Gasteiger charge is -2.20. The van der Waals surface area contributed by atoms with Crippen molar-refractivity contribution >= 4 is 40.9 Å². The molecule has 0 fully saturated rings. The molecular formula is C15H18BrF2N2O3P. The van der Waals surface area contributed by atoms with E-state index in [-0.39, 0.29) is 4.47 Å². The van der Waals surface area contributed by atoms with Crippen molar-refractivity contribution in [2.75, 3.05) is 11.9 Å². The fraction of sp³-hybridized carbons (Fsp3) is 0.400. The highest BCUT2D eigenvalue weighted by molar-refractivity contribution is 9.10. The van der Waals surface area contributed by atoms with E-state index in [2.05, 4.69) is 26.2 Å². The van der Waals surface area contributed by atoms with E-state index in [1.807, 2.05) is 0 Å². The molecule has 9 heteroatoms. The smallest absolute Gasteiger partial charge is 0.340 e. The van der Waals surface area contributed by atoms with Crippen LogP contribution in [0.3, 0.4) is 0 Å². The van der Waals surface area contributed by atoms with Crippen molar-refractivity contribution in [2.24, 2.45) is 0 Å². The number of aromatic nitrogens is 1. The molecule has 0 aliphatic carbocycles. The monoisotopic (exact) mass is 422 g/mol. The molecule has 0 bridgehead atoms. The molecule has 0 aliphatic heterocycles. The molecule has 2 rings (SSSR count). The third kappa shape index (κ3) is 4.58. The Hall–Kier alpha value is -0.920. The SMILES string of the molecule is CC(C)(O)CCNc1cc2cc(C(F)(F)P(O)O)c(Br)cc2cn1. The Morgan fingerprint density at radius 3 is 2.46 bits per heavy atom. The Balaban J connectivity index is 2.32. The van der Waals surface area contributed by atoms with Gasteiger partial charge in [-0.15, -0.1) is 0 Å². The molecule has 2 aromatic rings. The van der Waals surface area contributed by atoms with Gasteiger partial charge in [-0.25, -0.2) is 4.98 Å². The van der Waals surface area contributed by atoms with Gasteiger partial charge in [0, 0.05) is 28.2 Å². The van der Waals surface area contributed by atoms with Gasteiger partial charge in [0.1, 0.15) is 5.82 Å². The molecule has 0 unspecified atom stereocenters. The minimum Gasteiger partial charge on any atom is -0.390 e. The maximum absolute atomic E-state index is 13.9. The van der Waals surface area contributed by atoms with Gasteiger partial charge in [-0.3, -0.25) is 0 Å². The average Bonchev–Trinajstić information content (AvgIpc) is 2.45. The van der Waals surface area contributed by atoms with Crippen LogP contribution in [0.15, 0.2) is 28.9 Å². The number of nitrogens with one attached hydrogen (secondary N) is 1. The van der Waals surface area contributed by atoms with Crippen molar-refractivity contribution in [2.45, 2.75) is 31.5 Å². The van der Waals surface area contributed by atoms with Crippen LogP contribution in [-0.2, 0) is 5.66 Å². The van der Waals surface area contributed by atoms with E-state index in [4.69, 9.17) is 9.79 Å². The fourth-order valence-corrected chi connectivity index (χ4v) is 3.26. The van der Waals surface area contributed by atoms with Crippen LogP contribution in [0.1, 0.15) is 25.8 Å². The van der Waals surface area contributed by atoms with E-state index in [1.54, 1.807) is 19.9 Å². The third-order valence-electron chi connectivity index (χ3n) is 3.43. The molecule has 0 aliphatic rings. The molecule has 1 aromatic carbocycles. The number of aliphatic hydroxyl groups is 1. The topological polar surface area (TPSA) is 85.6 Å². The predicted octanol–water partition coefficient (Wildman–Crippen LogP) is 3.92. The second-order valence-corrected chi connectivity index (χ2v) is 8.06. The van der Waals surface area contributed by atoms with Gasteiger partial charge < -0.3 is 20.2 Å². The highest BCUT2D eigenvalue weighted by atomic mass is 79.9. The van der Waals surface area contributed by atoms with Crippen LogP contribution in [0.5, 0.6) is 0 Å². The molecule has 132 valence electrons. The van der Waals surface area contributed by atoms with E-state index in [9.17, 15) is 13.9 Å². The number of fused-ring (bicyclic) bond motifs is 1. The summed E-state index contributed by atoms with van der Waals surface area (Å²) < 4.78 is 28.0. The van der Waals surface area contributed by atoms with Crippen LogP contribution in [-0.4, -0.2) is 32.0 Å². The van der Waals surface area contributed by atoms with Crippen molar-refractivity contribution in [3.63, 3.8) is 0 Å². The molecule has 0 saturated heterocycles. The number of rotatable bonds is 6. The Morgan fingerprint density at radius 2 is 1.88 bits per heavy atom. The molecule has 0 amide bonds. The molecule has 4 N–H and O–H groups in total. The number of benzene rings is 1. The number of alkyl halides is 2. The number of pyridine rings is 1. The molecule has 0 saturated carbocycles. The standard InChI is InChI=1S/C15H18BrF2N2O3P/c1-14(2,21)3-4-19-13-7-9-5-11(15(17,18)24(22)23)12(16)6-10(9)8-20-13/h5-8,21-23H,3-4H2,1-2H3,(H,19,20). The molecule has 24 heavy (non-hydrogen) atoms. The Bertz CT molecular complexity index is 738. The van der Waals surface area contributed by atoms with Gasteiger partial charge in [0.05, 0.1) is 5.60 Å². The average molecular weight is 423 g/mol. The summed E-state index contributed by atoms with van der Waals surface area (Å²) >= 11 is 3.04. The summed E-state index contributed by atoms with van der Waals surface area (Å²) in [6.45, 7) is 3.85. The van der Waals surface area contributed by atoms with Gasteiger partial charge in [-0.1, -0.05) is 15.9 Å². The van der Waals surface area contributed by atoms with Crippen molar-refractivity contribution in [1.29, 1.82) is 0 Å². The quantitative estimate of drug-likeness (QED) is 0.530. The van der Waals surface area contributed by atoms with Gasteiger partial charge >= 0.3 is 5.66 Å². The van der Waals surface area contributed by atoms with Crippen LogP contribution in [0.4, 0.5) is 14.6 Å². The molecule has 1 heterocycles. The second-order valence-electron chi connectivity index (χ2n) is 6.07. The number of halogens is 3. The maximum atomic E-state index is 13.9. The van der Waals surface area contributed by atoms with Crippen LogP contribution < -0.4 is 5.32 Å². The number of anilines is 1. The van der Waals surface area contributed by atoms with Crippen LogP contribution in [0, 0.1) is 0 Å². The third-order valence-corrected chi connectivity index (χ3v) is 4.83. The van der Waals surface area contributed by atoms with Crippen molar-refractivity contribution in [3.05, 3.63) is 34.4 Å². The van der Waals surface area contributed by atoms with Gasteiger partial charge in [0.15, 0.2) is 0 Å². The van der Waals surface area contributed by atoms with E-state index in [0.29, 0.717) is 29.6 Å². The first-order valence-electron chi connectivity index (χ1n) is 7.12. The van der Waals surface area contributed by atoms with E-state index < -0.39 is 25.2 Å². The first-order valence-corrected chi connectivity index (χ1v) is 9.16. The van der Waals surface area contributed by atoms with Gasteiger partial charge in [-0.2, -0.15) is 8.78 Å². The summed E-state index contributed by atoms with van der Waals surface area (Å²) in [5.41, 5.74) is -5.04. The molecule has 0 radical (unpaired) electrons. The van der Waals surface area contributed by atoms with Crippen LogP contribution >= 0.6 is 24.3 Å². The molecule has 0 spiro atoms. The highest BCUT2D eigenvalue weighted by Crippen LogP contribution is 2.54. The summed E-state index contributed by atoms with van der Waals surface area (Å²) in [6.07, 6.45) is 2.03. The van der Waals surface area contributed by atoms with Crippen LogP contribution in [0.2, 0.25) is 0 Å². The summed E-state index contributed by atoms with van der Waals surface area (Å²) in [5.74, 6) is 0.485. The van der Waals surface area contributed by atoms with Crippen LogP contribution in [0.25, 0.3) is 10.8 Å². The normalized spacial score (nSPS) is 12.9. The lowest BCUT2D eigenvalue weighted by molar-refractivity contribution is 0.0726. The highest BCUT2D eigenvalue weighted by Gasteiger charge is 2.42. The molecule has 1 aromatic heterocycles. The first-order chi connectivity index (χ1) is 11.0. The molecular weight excluding hydrogens is 405 g/mol. The predicted molar refractivity (Wildman–Crippen MR) is 94.1 cm³/mol. The van der Waals surface area contributed by atoms with E-state index in [1.165, 1.54) is 18.3 Å². The largest absolute Gasteiger partial charge is 0.390 e. The van der Waals surface area contributed by atoms with Crippen molar-refractivity contribution in [3.8, 4) is 0 Å². The van der Waals surface area contributed by atoms with Crippen molar-refractivity contribution < 1.29 is 23.7 Å². The molecule has 5 nitrogen and oxygen atoms in total. The number of nitrogens with zero attached hydrogens (tertiary/aromatic N) is 1. The lowest BCUT2D eigenvalue weighted by atomic mass is 10.1. The fourth-order valence-electron chi connectivity index (χ4n) is 2.10. The first kappa shape index (κ1) is 19.4. The zero-order valence-corrected chi connectivity index (χ0v) is 15.6. The Morgan fingerprint density at radius 1 is 1.21 bits per heavy atom. The minimum absolute atomic E-state index is 0.0835. The number of hydrogen-bond acceptors (Lipinski definition) is 5. The summed E-state index contributed by atoms with van der Waals surface area (Å²) in [7, 11) is -3.44. The van der Waals surface area contributed by atoms with E-state index in [0.717, 1.165) is 0 Å². The zero-order chi connectivity index (χ0) is 18.1. The minimum atomic E-state index is -3.74. The van der Waals surface area contributed by atoms with Gasteiger partial charge in [0.2, 0.25) is 8.38 Å². The van der Waals surface area contributed by atoms with E-state index >= 15 is 0 Å². The van der Waals surface area contributed by atoms with Crippen molar-refractivity contribution in [1.82, 2.24) is 4.98 Å². The summed E-state index contributed by atoms with van der Waals surface area (Å²) in [5, 5.41) is 13.8. The Kier molecular flexibility index (Phi) is 5.77. The zero-order valence-electron chi connectivity index (χ0n) is 13.1. The van der Waals surface area contributed by atoms with Gasteiger partial charge in [0.25, 0.3) is 0 Å². The lowest BCUT2D eigenvalue weighted by Crippen LogP contribution is -2.22. The summed E-state index contributed by atoms with van der Waals surface area (Å²) in [6, 6.07) is 4.28. The number of hydrogen-bond donors (Lipinski definition) is 4. The second kappa shape index (κ2) is 7.14. The summed E-state index contributed by atoms with van der Waals surface area (Å²) in [4.78, 5) is 22.2. The van der Waals surface area contributed by atoms with Gasteiger partial charge in [-0.05, 0) is 43.9 Å².